The molecule has 9 nitrogen and oxygen atoms in total. The van der Waals surface area contributed by atoms with Gasteiger partial charge in [-0.25, -0.2) is 19.9 Å². The van der Waals surface area contributed by atoms with E-state index in [2.05, 4.69) is 36.2 Å². The normalized spacial score (nSPS) is 13.6. The molecule has 29 heavy (non-hydrogen) atoms. The molecule has 0 radical (unpaired) electrons. The number of nitrogens with zero attached hydrogens (tertiary/aromatic N) is 7. The van der Waals surface area contributed by atoms with Gasteiger partial charge in [0.15, 0.2) is 0 Å². The minimum absolute atomic E-state index is 0.270. The molecular formula is C20H18N8O. The summed E-state index contributed by atoms with van der Waals surface area (Å²) in [6, 6.07) is 12.2. The van der Waals surface area contributed by atoms with Gasteiger partial charge < -0.3 is 15.1 Å². The zero-order valence-electron chi connectivity index (χ0n) is 15.6. The lowest BCUT2D eigenvalue weighted by Gasteiger charge is -2.34. The van der Waals surface area contributed by atoms with Crippen molar-refractivity contribution in [2.24, 2.45) is 0 Å². The largest absolute Gasteiger partial charge is 0.337 e. The van der Waals surface area contributed by atoms with Crippen LogP contribution < -0.4 is 15.1 Å². The van der Waals surface area contributed by atoms with Crippen molar-refractivity contribution < 1.29 is 4.79 Å². The van der Waals surface area contributed by atoms with Gasteiger partial charge in [-0.15, -0.1) is 0 Å². The Morgan fingerprint density at radius 2 is 1.62 bits per heavy atom. The molecule has 1 aromatic carbocycles. The summed E-state index contributed by atoms with van der Waals surface area (Å²) in [5.74, 6) is 0.873. The monoisotopic (exact) mass is 386 g/mol. The molecule has 4 rings (SSSR count). The summed E-state index contributed by atoms with van der Waals surface area (Å²) in [7, 11) is 0. The van der Waals surface area contributed by atoms with Gasteiger partial charge in [0.25, 0.3) is 5.91 Å². The molecule has 144 valence electrons. The number of piperazine rings is 1. The highest BCUT2D eigenvalue weighted by Crippen LogP contribution is 2.16. The fourth-order valence-corrected chi connectivity index (χ4v) is 3.05. The fraction of sp³-hybridized carbons (Fsp3) is 0.200. The Labute approximate surface area is 167 Å². The number of benzene rings is 1. The van der Waals surface area contributed by atoms with E-state index in [0.717, 1.165) is 13.1 Å². The van der Waals surface area contributed by atoms with E-state index in [-0.39, 0.29) is 11.6 Å². The number of amides is 1. The maximum Gasteiger partial charge on any atom is 0.274 e. The van der Waals surface area contributed by atoms with Gasteiger partial charge >= 0.3 is 0 Å². The predicted octanol–water partition coefficient (Wildman–Crippen LogP) is 1.72. The molecule has 1 aliphatic heterocycles. The molecule has 1 saturated heterocycles. The molecule has 1 amide bonds. The Morgan fingerprint density at radius 3 is 2.34 bits per heavy atom. The van der Waals surface area contributed by atoms with Gasteiger partial charge in [0.05, 0.1) is 11.6 Å². The number of nitriles is 1. The number of carbonyl (C=O) groups is 1. The van der Waals surface area contributed by atoms with E-state index in [1.54, 1.807) is 55.0 Å². The van der Waals surface area contributed by atoms with Crippen LogP contribution in [-0.2, 0) is 0 Å². The van der Waals surface area contributed by atoms with Gasteiger partial charge in [-0.3, -0.25) is 4.79 Å². The maximum absolute atomic E-state index is 12.6. The first-order valence-corrected chi connectivity index (χ1v) is 9.14. The third kappa shape index (κ3) is 4.27. The Hall–Kier alpha value is -4.06. The zero-order chi connectivity index (χ0) is 20.1. The summed E-state index contributed by atoms with van der Waals surface area (Å²) in [6.07, 6.45) is 5.04. The second-order valence-corrected chi connectivity index (χ2v) is 6.41. The van der Waals surface area contributed by atoms with E-state index in [4.69, 9.17) is 5.26 Å². The lowest BCUT2D eigenvalue weighted by Crippen LogP contribution is -2.47. The number of carbonyl (C=O) groups excluding carboxylic acids is 1. The lowest BCUT2D eigenvalue weighted by molar-refractivity contribution is 0.102. The molecule has 1 aliphatic rings. The highest BCUT2D eigenvalue weighted by Gasteiger charge is 2.21. The standard InChI is InChI=1S/C20H18N8O/c21-14-15-3-1-4-16(13-15)25-18(29)17-5-8-24-20(26-17)28-11-9-27(10-12-28)19-22-6-2-7-23-19/h1-8,13H,9-12H2,(H,25,29). The van der Waals surface area contributed by atoms with Crippen molar-refractivity contribution in [1.82, 2.24) is 19.9 Å². The molecule has 0 aliphatic carbocycles. The third-order valence-corrected chi connectivity index (χ3v) is 4.52. The van der Waals surface area contributed by atoms with Crippen LogP contribution in [0.4, 0.5) is 17.6 Å². The van der Waals surface area contributed by atoms with Gasteiger partial charge in [-0.2, -0.15) is 5.26 Å². The Balaban J connectivity index is 1.42. The van der Waals surface area contributed by atoms with E-state index in [9.17, 15) is 4.79 Å². The highest BCUT2D eigenvalue weighted by molar-refractivity contribution is 6.03. The quantitative estimate of drug-likeness (QED) is 0.721. The SMILES string of the molecule is N#Cc1cccc(NC(=O)c2ccnc(N3CCN(c4ncccn4)CC3)n2)c1. The van der Waals surface area contributed by atoms with Crippen molar-refractivity contribution in [3.8, 4) is 6.07 Å². The van der Waals surface area contributed by atoms with Crippen LogP contribution in [0.3, 0.4) is 0 Å². The van der Waals surface area contributed by atoms with E-state index in [0.29, 0.717) is 36.2 Å². The Bertz CT molecular complexity index is 1040. The first kappa shape index (κ1) is 18.3. The van der Waals surface area contributed by atoms with Gasteiger partial charge in [0, 0.05) is 50.5 Å². The van der Waals surface area contributed by atoms with Crippen LogP contribution in [0.1, 0.15) is 16.1 Å². The summed E-state index contributed by atoms with van der Waals surface area (Å²) in [5, 5.41) is 11.8. The summed E-state index contributed by atoms with van der Waals surface area (Å²) < 4.78 is 0. The van der Waals surface area contributed by atoms with Crippen LogP contribution in [0.25, 0.3) is 0 Å². The predicted molar refractivity (Wildman–Crippen MR) is 108 cm³/mol. The van der Waals surface area contributed by atoms with Crippen molar-refractivity contribution in [3.63, 3.8) is 0 Å². The maximum atomic E-state index is 12.6. The number of nitrogens with one attached hydrogen (secondary N) is 1. The zero-order valence-corrected chi connectivity index (χ0v) is 15.6. The van der Waals surface area contributed by atoms with E-state index in [1.165, 1.54) is 0 Å². The first-order chi connectivity index (χ1) is 14.2. The molecule has 0 atom stereocenters. The first-order valence-electron chi connectivity index (χ1n) is 9.14. The topological polar surface area (TPSA) is 111 Å². The molecule has 0 unspecified atom stereocenters. The average Bonchev–Trinajstić information content (AvgIpc) is 2.80. The summed E-state index contributed by atoms with van der Waals surface area (Å²) >= 11 is 0. The van der Waals surface area contributed by atoms with Crippen molar-refractivity contribution in [1.29, 1.82) is 5.26 Å². The van der Waals surface area contributed by atoms with E-state index < -0.39 is 0 Å². The molecule has 1 N–H and O–H groups in total. The Kier molecular flexibility index (Phi) is 5.25. The van der Waals surface area contributed by atoms with Crippen LogP contribution in [0.5, 0.6) is 0 Å². The van der Waals surface area contributed by atoms with Gasteiger partial charge in [0.1, 0.15) is 5.69 Å². The van der Waals surface area contributed by atoms with Gasteiger partial charge in [-0.1, -0.05) is 6.07 Å². The average molecular weight is 386 g/mol. The molecular weight excluding hydrogens is 368 g/mol. The molecule has 3 heterocycles. The highest BCUT2D eigenvalue weighted by atomic mass is 16.1. The number of hydrogen-bond donors (Lipinski definition) is 1. The second kappa shape index (κ2) is 8.31. The molecule has 0 bridgehead atoms. The minimum atomic E-state index is -0.347. The van der Waals surface area contributed by atoms with Crippen LogP contribution in [0, 0.1) is 11.3 Å². The second-order valence-electron chi connectivity index (χ2n) is 6.41. The van der Waals surface area contributed by atoms with Crippen LogP contribution in [0.2, 0.25) is 0 Å². The van der Waals surface area contributed by atoms with Crippen LogP contribution in [0.15, 0.2) is 55.0 Å². The van der Waals surface area contributed by atoms with E-state index in [1.807, 2.05) is 4.90 Å². The lowest BCUT2D eigenvalue weighted by atomic mass is 10.2. The minimum Gasteiger partial charge on any atom is -0.337 e. The number of rotatable bonds is 4. The fourth-order valence-electron chi connectivity index (χ4n) is 3.05. The van der Waals surface area contributed by atoms with Gasteiger partial charge in [0.2, 0.25) is 11.9 Å². The molecule has 0 saturated carbocycles. The number of anilines is 3. The summed E-state index contributed by atoms with van der Waals surface area (Å²) in [6.45, 7) is 2.89. The molecule has 2 aromatic heterocycles. The third-order valence-electron chi connectivity index (χ3n) is 4.52. The van der Waals surface area contributed by atoms with Crippen molar-refractivity contribution in [3.05, 3.63) is 66.2 Å². The molecule has 9 heteroatoms. The van der Waals surface area contributed by atoms with Crippen LogP contribution >= 0.6 is 0 Å². The van der Waals surface area contributed by atoms with Crippen LogP contribution in [-0.4, -0.2) is 52.0 Å². The molecule has 3 aromatic rings. The van der Waals surface area contributed by atoms with Crippen molar-refractivity contribution >= 4 is 23.5 Å². The summed E-state index contributed by atoms with van der Waals surface area (Å²) in [5.41, 5.74) is 1.29. The number of hydrogen-bond acceptors (Lipinski definition) is 8. The summed E-state index contributed by atoms with van der Waals surface area (Å²) in [4.78, 5) is 34.0. The van der Waals surface area contributed by atoms with Crippen molar-refractivity contribution in [2.45, 2.75) is 0 Å². The molecule has 1 fully saturated rings. The Morgan fingerprint density at radius 1 is 0.931 bits per heavy atom. The molecule has 0 spiro atoms. The van der Waals surface area contributed by atoms with Crippen molar-refractivity contribution in [2.75, 3.05) is 41.3 Å². The number of aromatic nitrogens is 4. The smallest absolute Gasteiger partial charge is 0.274 e. The van der Waals surface area contributed by atoms with Gasteiger partial charge in [-0.05, 0) is 30.3 Å². The van der Waals surface area contributed by atoms with E-state index >= 15 is 0 Å².